The molecule has 46 heavy (non-hydrogen) atoms. The average molecular weight is 619 g/mol. The van der Waals surface area contributed by atoms with Gasteiger partial charge in [0, 0.05) is 26.9 Å². The molecule has 0 aromatic heterocycles. The summed E-state index contributed by atoms with van der Waals surface area (Å²) in [6.45, 7) is 9.17. The Morgan fingerprint density at radius 2 is 0.891 bits per heavy atom. The molecule has 4 nitrogen and oxygen atoms in total. The molecule has 0 aliphatic rings. The standard InChI is InChI=1S/C39H40O2.C2H6O.CH4O/c1-3-20-40-26-32-24-30-22-28(16-18-36(30)38-14-7-5-12-34(32)38)10-9-11-29-17-19-37-31(23-29)25-33(27-41-21-4-2)35-13-6-8-15-39(35)37;1-2-3;1-2/h5-8,12-19,22-25H,3-4,9-11,20-21,26-27H2,1-2H3;3H,2H2,1H3;2H,1H3. The summed E-state index contributed by atoms with van der Waals surface area (Å²) in [4.78, 5) is 0. The van der Waals surface area contributed by atoms with E-state index in [0.29, 0.717) is 13.2 Å². The zero-order chi connectivity index (χ0) is 32.7. The SMILES string of the molecule is CCCOCc1cc2cc(CCCc3ccc4c(c3)cc(COCCC)c3ccccc34)ccc2c2ccccc12.CCO.CO. The lowest BCUT2D eigenvalue weighted by molar-refractivity contribution is 0.122. The maximum Gasteiger partial charge on any atom is 0.0723 e. The van der Waals surface area contributed by atoms with Gasteiger partial charge in [-0.05, 0) is 117 Å². The van der Waals surface area contributed by atoms with Gasteiger partial charge in [0.05, 0.1) is 13.2 Å². The molecule has 6 aromatic carbocycles. The smallest absolute Gasteiger partial charge is 0.0723 e. The topological polar surface area (TPSA) is 58.9 Å². The molecule has 0 atom stereocenters. The first-order valence-electron chi connectivity index (χ1n) is 16.7. The summed E-state index contributed by atoms with van der Waals surface area (Å²) in [6, 6.07) is 36.2. The molecule has 0 heterocycles. The second kappa shape index (κ2) is 18.4. The van der Waals surface area contributed by atoms with Gasteiger partial charge in [-0.15, -0.1) is 0 Å². The summed E-state index contributed by atoms with van der Waals surface area (Å²) < 4.78 is 11.9. The first-order chi connectivity index (χ1) is 22.7. The van der Waals surface area contributed by atoms with Crippen LogP contribution in [0.15, 0.2) is 97.1 Å². The van der Waals surface area contributed by atoms with Crippen LogP contribution in [0.1, 0.15) is 62.3 Å². The monoisotopic (exact) mass is 618 g/mol. The lowest BCUT2D eigenvalue weighted by Gasteiger charge is -2.13. The van der Waals surface area contributed by atoms with Crippen molar-refractivity contribution in [1.82, 2.24) is 0 Å². The minimum atomic E-state index is 0.250. The molecule has 0 saturated heterocycles. The van der Waals surface area contributed by atoms with Gasteiger partial charge in [0.2, 0.25) is 0 Å². The molecular weight excluding hydrogens is 568 g/mol. The summed E-state index contributed by atoms with van der Waals surface area (Å²) >= 11 is 0. The average Bonchev–Trinajstić information content (AvgIpc) is 3.09. The van der Waals surface area contributed by atoms with Crippen molar-refractivity contribution >= 4 is 43.1 Å². The van der Waals surface area contributed by atoms with Crippen LogP contribution in [0.3, 0.4) is 0 Å². The van der Waals surface area contributed by atoms with Crippen LogP contribution in [0, 0.1) is 0 Å². The Hall–Kier alpha value is -3.80. The van der Waals surface area contributed by atoms with Crippen molar-refractivity contribution in [3.8, 4) is 0 Å². The Bertz CT molecular complexity index is 1690. The zero-order valence-corrected chi connectivity index (χ0v) is 28.0. The highest BCUT2D eigenvalue weighted by molar-refractivity contribution is 6.10. The van der Waals surface area contributed by atoms with Gasteiger partial charge in [0.25, 0.3) is 0 Å². The fraction of sp³-hybridized carbons (Fsp3) is 0.333. The molecule has 4 heteroatoms. The number of hydrogen-bond acceptors (Lipinski definition) is 4. The van der Waals surface area contributed by atoms with Crippen molar-refractivity contribution < 1.29 is 19.7 Å². The van der Waals surface area contributed by atoms with Crippen LogP contribution in [-0.2, 0) is 35.5 Å². The third kappa shape index (κ3) is 8.71. The quantitative estimate of drug-likeness (QED) is 0.106. The summed E-state index contributed by atoms with van der Waals surface area (Å²) in [5, 5.41) is 25.1. The fourth-order valence-corrected chi connectivity index (χ4v) is 6.18. The summed E-state index contributed by atoms with van der Waals surface area (Å²) in [5.74, 6) is 0. The van der Waals surface area contributed by atoms with Gasteiger partial charge in [0.1, 0.15) is 0 Å². The predicted octanol–water partition coefficient (Wildman–Crippen LogP) is 9.93. The van der Waals surface area contributed by atoms with E-state index in [4.69, 9.17) is 19.7 Å². The van der Waals surface area contributed by atoms with Gasteiger partial charge in [0.15, 0.2) is 0 Å². The van der Waals surface area contributed by atoms with Crippen LogP contribution in [0.5, 0.6) is 0 Å². The van der Waals surface area contributed by atoms with E-state index in [1.54, 1.807) is 6.92 Å². The van der Waals surface area contributed by atoms with E-state index in [0.717, 1.165) is 52.4 Å². The number of aliphatic hydroxyl groups excluding tert-OH is 2. The fourth-order valence-electron chi connectivity index (χ4n) is 6.18. The molecule has 242 valence electrons. The Morgan fingerprint density at radius 1 is 0.500 bits per heavy atom. The predicted molar refractivity (Wildman–Crippen MR) is 196 cm³/mol. The Morgan fingerprint density at radius 3 is 1.28 bits per heavy atom. The van der Waals surface area contributed by atoms with Gasteiger partial charge in [-0.3, -0.25) is 0 Å². The second-order valence-electron chi connectivity index (χ2n) is 11.5. The lowest BCUT2D eigenvalue weighted by Crippen LogP contribution is -1.97. The van der Waals surface area contributed by atoms with Crippen LogP contribution >= 0.6 is 0 Å². The van der Waals surface area contributed by atoms with Crippen LogP contribution in [0.25, 0.3) is 43.1 Å². The normalized spacial score (nSPS) is 11.0. The van der Waals surface area contributed by atoms with Crippen LogP contribution in [0.4, 0.5) is 0 Å². The van der Waals surface area contributed by atoms with Gasteiger partial charge < -0.3 is 19.7 Å². The molecule has 2 N–H and O–H groups in total. The third-order valence-electron chi connectivity index (χ3n) is 8.16. The third-order valence-corrected chi connectivity index (χ3v) is 8.16. The second-order valence-corrected chi connectivity index (χ2v) is 11.5. The molecule has 6 rings (SSSR count). The van der Waals surface area contributed by atoms with E-state index in [2.05, 4.69) is 111 Å². The zero-order valence-electron chi connectivity index (χ0n) is 28.0. The molecule has 0 saturated carbocycles. The first-order valence-corrected chi connectivity index (χ1v) is 16.7. The van der Waals surface area contributed by atoms with Crippen molar-refractivity contribution in [2.75, 3.05) is 26.9 Å². The number of benzene rings is 6. The highest BCUT2D eigenvalue weighted by Gasteiger charge is 2.10. The van der Waals surface area contributed by atoms with Crippen LogP contribution < -0.4 is 0 Å². The highest BCUT2D eigenvalue weighted by Crippen LogP contribution is 2.32. The van der Waals surface area contributed by atoms with Crippen molar-refractivity contribution in [2.24, 2.45) is 0 Å². The maximum absolute atomic E-state index is 7.57. The lowest BCUT2D eigenvalue weighted by atomic mass is 9.94. The highest BCUT2D eigenvalue weighted by atomic mass is 16.5. The van der Waals surface area contributed by atoms with Gasteiger partial charge >= 0.3 is 0 Å². The van der Waals surface area contributed by atoms with E-state index >= 15 is 0 Å². The summed E-state index contributed by atoms with van der Waals surface area (Å²) in [7, 11) is 1.00. The Labute approximate surface area is 274 Å². The summed E-state index contributed by atoms with van der Waals surface area (Å²) in [5.41, 5.74) is 5.36. The molecule has 0 aliphatic heterocycles. The van der Waals surface area contributed by atoms with E-state index in [1.807, 2.05) is 0 Å². The number of fused-ring (bicyclic) bond motifs is 6. The molecule has 0 radical (unpaired) electrons. The molecule has 0 fully saturated rings. The molecule has 0 spiro atoms. The molecule has 0 bridgehead atoms. The van der Waals surface area contributed by atoms with Crippen molar-refractivity contribution in [3.05, 3.63) is 119 Å². The van der Waals surface area contributed by atoms with E-state index in [1.165, 1.54) is 65.3 Å². The molecule has 6 aromatic rings. The number of aliphatic hydroxyl groups is 2. The van der Waals surface area contributed by atoms with Crippen molar-refractivity contribution in [2.45, 2.75) is 66.1 Å². The maximum atomic E-state index is 7.57. The molecule has 0 unspecified atom stereocenters. The molecule has 0 aliphatic carbocycles. The van der Waals surface area contributed by atoms with Crippen molar-refractivity contribution in [3.63, 3.8) is 0 Å². The number of hydrogen-bond donors (Lipinski definition) is 2. The van der Waals surface area contributed by atoms with Gasteiger partial charge in [-0.25, -0.2) is 0 Å². The van der Waals surface area contributed by atoms with Crippen LogP contribution in [-0.4, -0.2) is 37.1 Å². The van der Waals surface area contributed by atoms with E-state index in [-0.39, 0.29) is 6.61 Å². The minimum absolute atomic E-state index is 0.250. The largest absolute Gasteiger partial charge is 0.400 e. The van der Waals surface area contributed by atoms with Crippen molar-refractivity contribution in [1.29, 1.82) is 0 Å². The first kappa shape index (κ1) is 35.1. The Balaban J connectivity index is 0.000000908. The van der Waals surface area contributed by atoms with E-state index in [9.17, 15) is 0 Å². The molecular formula is C42H50O4. The van der Waals surface area contributed by atoms with Gasteiger partial charge in [-0.2, -0.15) is 0 Å². The number of ether oxygens (including phenoxy) is 2. The van der Waals surface area contributed by atoms with E-state index < -0.39 is 0 Å². The summed E-state index contributed by atoms with van der Waals surface area (Å²) in [6.07, 6.45) is 5.33. The molecule has 0 amide bonds. The minimum Gasteiger partial charge on any atom is -0.400 e. The Kier molecular flexibility index (Phi) is 14.0. The number of aryl methyl sites for hydroxylation is 2. The van der Waals surface area contributed by atoms with Gasteiger partial charge in [-0.1, -0.05) is 98.8 Å². The van der Waals surface area contributed by atoms with Crippen LogP contribution in [0.2, 0.25) is 0 Å². The number of rotatable bonds is 12.